The molecule has 0 fully saturated rings. The van der Waals surface area contributed by atoms with E-state index >= 15 is 0 Å². The third-order valence-electron chi connectivity index (χ3n) is 2.33. The van der Waals surface area contributed by atoms with Crippen LogP contribution in [0.2, 0.25) is 0 Å². The predicted octanol–water partition coefficient (Wildman–Crippen LogP) is 2.70. The van der Waals surface area contributed by atoms with E-state index in [9.17, 15) is 23.7 Å². The number of amides is 1. The highest BCUT2D eigenvalue weighted by molar-refractivity contribution is 9.09. The molecule has 1 rings (SSSR count). The maximum Gasteiger partial charge on any atom is 0.269 e. The Hall–Kier alpha value is -1.57. The molecule has 0 atom stereocenters. The Kier molecular flexibility index (Phi) is 5.81. The van der Waals surface area contributed by atoms with Crippen LogP contribution in [0.5, 0.6) is 0 Å². The third kappa shape index (κ3) is 4.55. The quantitative estimate of drug-likeness (QED) is 0.455. The predicted molar refractivity (Wildman–Crippen MR) is 68.8 cm³/mol. The van der Waals surface area contributed by atoms with Gasteiger partial charge in [0.25, 0.3) is 18.0 Å². The van der Waals surface area contributed by atoms with Crippen LogP contribution in [0.25, 0.3) is 0 Å². The molecule has 104 valence electrons. The molecule has 0 aliphatic rings. The monoisotopic (exact) mass is 336 g/mol. The second-order valence-corrected chi connectivity index (χ2v) is 4.43. The number of hydrogen-bond acceptors (Lipinski definition) is 3. The summed E-state index contributed by atoms with van der Waals surface area (Å²) in [6, 6.07) is 4.85. The van der Waals surface area contributed by atoms with Gasteiger partial charge in [-0.15, -0.1) is 0 Å². The van der Waals surface area contributed by atoms with Crippen LogP contribution in [0.4, 0.5) is 14.5 Å². The zero-order chi connectivity index (χ0) is 14.4. The number of nitro groups is 1. The molecule has 1 amide bonds. The number of carbonyl (C=O) groups is 1. The molecule has 0 saturated carbocycles. The highest BCUT2D eigenvalue weighted by Gasteiger charge is 2.19. The average Bonchev–Trinajstić information content (AvgIpc) is 2.37. The van der Waals surface area contributed by atoms with Crippen LogP contribution in [0, 0.1) is 10.1 Å². The summed E-state index contributed by atoms with van der Waals surface area (Å²) in [6.07, 6.45) is -2.62. The number of non-ortho nitro benzene ring substituents is 1. The van der Waals surface area contributed by atoms with Gasteiger partial charge in [0.15, 0.2) is 0 Å². The maximum absolute atomic E-state index is 12.4. The molecule has 0 radical (unpaired) electrons. The maximum atomic E-state index is 12.4. The van der Waals surface area contributed by atoms with Crippen LogP contribution in [0.1, 0.15) is 10.4 Å². The van der Waals surface area contributed by atoms with Crippen LogP contribution < -0.4 is 0 Å². The molecular weight excluding hydrogens is 326 g/mol. The summed E-state index contributed by atoms with van der Waals surface area (Å²) in [6.45, 7) is -0.526. The van der Waals surface area contributed by atoms with Crippen LogP contribution in [0.15, 0.2) is 24.3 Å². The van der Waals surface area contributed by atoms with Gasteiger partial charge in [-0.3, -0.25) is 14.9 Å². The van der Waals surface area contributed by atoms with Crippen molar-refractivity contribution in [2.75, 3.05) is 18.4 Å². The number of nitrogens with zero attached hydrogens (tertiary/aromatic N) is 2. The van der Waals surface area contributed by atoms with Crippen LogP contribution in [-0.2, 0) is 0 Å². The largest absolute Gasteiger partial charge is 0.332 e. The molecule has 0 saturated heterocycles. The third-order valence-corrected chi connectivity index (χ3v) is 2.68. The van der Waals surface area contributed by atoms with E-state index in [1.54, 1.807) is 0 Å². The van der Waals surface area contributed by atoms with E-state index in [1.807, 2.05) is 0 Å². The molecule has 19 heavy (non-hydrogen) atoms. The molecule has 0 bridgehead atoms. The summed E-state index contributed by atoms with van der Waals surface area (Å²) in [5, 5.41) is 10.8. The van der Waals surface area contributed by atoms with Crippen LogP contribution in [-0.4, -0.2) is 40.6 Å². The summed E-state index contributed by atoms with van der Waals surface area (Å²) in [5.41, 5.74) is -0.00958. The van der Waals surface area contributed by atoms with Gasteiger partial charge in [0, 0.05) is 29.6 Å². The van der Waals surface area contributed by atoms with Gasteiger partial charge in [-0.25, -0.2) is 8.78 Å². The number of alkyl halides is 3. The first kappa shape index (κ1) is 15.5. The van der Waals surface area contributed by atoms with Crippen LogP contribution >= 0.6 is 15.9 Å². The Bertz CT molecular complexity index is 454. The molecule has 0 aromatic heterocycles. The molecule has 8 heteroatoms. The minimum atomic E-state index is -2.62. The van der Waals surface area contributed by atoms with Crippen molar-refractivity contribution < 1.29 is 18.5 Å². The Balaban J connectivity index is 2.86. The number of carbonyl (C=O) groups excluding carboxylic acids is 1. The lowest BCUT2D eigenvalue weighted by Crippen LogP contribution is -2.36. The fourth-order valence-corrected chi connectivity index (χ4v) is 1.88. The first-order chi connectivity index (χ1) is 8.95. The van der Waals surface area contributed by atoms with E-state index in [4.69, 9.17) is 0 Å². The molecule has 0 aliphatic heterocycles. The summed E-state index contributed by atoms with van der Waals surface area (Å²) in [4.78, 5) is 22.8. The number of nitro benzene ring substituents is 1. The van der Waals surface area contributed by atoms with Gasteiger partial charge in [0.1, 0.15) is 0 Å². The number of hydrogen-bond donors (Lipinski definition) is 0. The van der Waals surface area contributed by atoms with Gasteiger partial charge in [0.05, 0.1) is 11.5 Å². The normalized spacial score (nSPS) is 10.5. The fraction of sp³-hybridized carbons (Fsp3) is 0.364. The van der Waals surface area contributed by atoms with Crippen molar-refractivity contribution in [2.45, 2.75) is 6.43 Å². The first-order valence-electron chi connectivity index (χ1n) is 5.33. The Morgan fingerprint density at radius 1 is 1.37 bits per heavy atom. The van der Waals surface area contributed by atoms with Crippen molar-refractivity contribution >= 4 is 27.5 Å². The van der Waals surface area contributed by atoms with Gasteiger partial charge in [-0.05, 0) is 12.1 Å². The second-order valence-electron chi connectivity index (χ2n) is 3.64. The minimum Gasteiger partial charge on any atom is -0.332 e. The van der Waals surface area contributed by atoms with E-state index in [0.717, 1.165) is 4.90 Å². The lowest BCUT2D eigenvalue weighted by atomic mass is 10.2. The highest BCUT2D eigenvalue weighted by atomic mass is 79.9. The molecule has 1 aromatic rings. The minimum absolute atomic E-state index is 0.139. The number of benzene rings is 1. The first-order valence-corrected chi connectivity index (χ1v) is 6.45. The number of halogens is 3. The lowest BCUT2D eigenvalue weighted by Gasteiger charge is -2.21. The number of rotatable bonds is 6. The SMILES string of the molecule is O=C(c1ccc([N+](=O)[O-])cc1)N(CCBr)CC(F)F. The molecule has 0 spiro atoms. The van der Waals surface area contributed by atoms with E-state index < -0.39 is 23.8 Å². The smallest absolute Gasteiger partial charge is 0.269 e. The van der Waals surface area contributed by atoms with Gasteiger partial charge >= 0.3 is 0 Å². The van der Waals surface area contributed by atoms with Crippen molar-refractivity contribution in [3.63, 3.8) is 0 Å². The Morgan fingerprint density at radius 2 is 1.95 bits per heavy atom. The van der Waals surface area contributed by atoms with Crippen LogP contribution in [0.3, 0.4) is 0 Å². The van der Waals surface area contributed by atoms with Gasteiger partial charge in [0.2, 0.25) is 0 Å². The summed E-state index contributed by atoms with van der Waals surface area (Å²) < 4.78 is 24.7. The molecular formula is C11H11BrF2N2O3. The van der Waals surface area contributed by atoms with Crippen molar-refractivity contribution in [3.05, 3.63) is 39.9 Å². The van der Waals surface area contributed by atoms with Gasteiger partial charge in [-0.1, -0.05) is 15.9 Å². The zero-order valence-electron chi connectivity index (χ0n) is 9.76. The average molecular weight is 337 g/mol. The highest BCUT2D eigenvalue weighted by Crippen LogP contribution is 2.14. The summed E-state index contributed by atoms with van der Waals surface area (Å²) in [7, 11) is 0. The summed E-state index contributed by atoms with van der Waals surface area (Å²) >= 11 is 3.08. The van der Waals surface area contributed by atoms with Crippen molar-refractivity contribution in [1.82, 2.24) is 4.90 Å². The molecule has 0 unspecified atom stereocenters. The van der Waals surface area contributed by atoms with Gasteiger partial charge < -0.3 is 4.90 Å². The molecule has 0 heterocycles. The fourth-order valence-electron chi connectivity index (χ4n) is 1.45. The van der Waals surface area contributed by atoms with Crippen molar-refractivity contribution in [1.29, 1.82) is 0 Å². The van der Waals surface area contributed by atoms with E-state index in [2.05, 4.69) is 15.9 Å². The Morgan fingerprint density at radius 3 is 2.37 bits per heavy atom. The van der Waals surface area contributed by atoms with E-state index in [-0.39, 0.29) is 17.8 Å². The van der Waals surface area contributed by atoms with E-state index in [0.29, 0.717) is 5.33 Å². The summed E-state index contributed by atoms with van der Waals surface area (Å²) in [5.74, 6) is -0.574. The molecule has 1 aromatic carbocycles. The second kappa shape index (κ2) is 7.13. The topological polar surface area (TPSA) is 63.4 Å². The van der Waals surface area contributed by atoms with Crippen molar-refractivity contribution in [2.24, 2.45) is 0 Å². The van der Waals surface area contributed by atoms with E-state index in [1.165, 1.54) is 24.3 Å². The zero-order valence-corrected chi connectivity index (χ0v) is 11.3. The lowest BCUT2D eigenvalue weighted by molar-refractivity contribution is -0.384. The standard InChI is InChI=1S/C11H11BrF2N2O3/c12-5-6-15(7-10(13)14)11(17)8-1-3-9(4-2-8)16(18)19/h1-4,10H,5-7H2. The van der Waals surface area contributed by atoms with Gasteiger partial charge in [-0.2, -0.15) is 0 Å². The van der Waals surface area contributed by atoms with Crippen molar-refractivity contribution in [3.8, 4) is 0 Å². The molecule has 0 aliphatic carbocycles. The molecule has 0 N–H and O–H groups in total. The Labute approximate surface area is 116 Å². The molecule has 5 nitrogen and oxygen atoms in total.